The molecule has 2 N–H and O–H groups in total. The number of ether oxygens (including phenoxy) is 1. The molecule has 0 fully saturated rings. The molecule has 0 aromatic heterocycles. The van der Waals surface area contributed by atoms with Crippen LogP contribution in [0.3, 0.4) is 0 Å². The van der Waals surface area contributed by atoms with Crippen LogP contribution >= 0.6 is 0 Å². The summed E-state index contributed by atoms with van der Waals surface area (Å²) >= 11 is 0. The summed E-state index contributed by atoms with van der Waals surface area (Å²) in [5, 5.41) is 19.8. The Hall–Kier alpha value is -0.900. The van der Waals surface area contributed by atoms with Gasteiger partial charge in [-0.1, -0.05) is 30.3 Å². The monoisotopic (exact) mass is 266 g/mol. The third-order valence-corrected chi connectivity index (χ3v) is 3.03. The molecule has 19 heavy (non-hydrogen) atoms. The fraction of sp³-hybridized carbons (Fsp3) is 0.625. The molecular weight excluding hydrogens is 240 g/mol. The van der Waals surface area contributed by atoms with Crippen molar-refractivity contribution in [2.75, 3.05) is 6.61 Å². The van der Waals surface area contributed by atoms with E-state index in [-0.39, 0.29) is 0 Å². The maximum absolute atomic E-state index is 10.2. The number of aliphatic hydroxyl groups is 2. The first-order valence-electron chi connectivity index (χ1n) is 6.85. The second-order valence-corrected chi connectivity index (χ2v) is 6.14. The normalized spacial score (nSPS) is 15.2. The molecular formula is C16H26O3. The Balaban J connectivity index is 2.23. The standard InChI is InChI=1S/C16H26O3/c1-15(2,17)10-7-11-16(3,18)13-19-12-14-8-5-4-6-9-14/h4-6,8-9,17-18H,7,10-13H2,1-3H3. The Morgan fingerprint density at radius 2 is 1.63 bits per heavy atom. The summed E-state index contributed by atoms with van der Waals surface area (Å²) in [6.45, 7) is 6.18. The number of hydrogen-bond acceptors (Lipinski definition) is 3. The van der Waals surface area contributed by atoms with Crippen molar-refractivity contribution >= 4 is 0 Å². The summed E-state index contributed by atoms with van der Waals surface area (Å²) in [5.41, 5.74) is -0.393. The maximum Gasteiger partial charge on any atom is 0.0852 e. The molecule has 1 aromatic rings. The van der Waals surface area contributed by atoms with Gasteiger partial charge in [0, 0.05) is 0 Å². The summed E-state index contributed by atoms with van der Waals surface area (Å²) in [6.07, 6.45) is 2.10. The second-order valence-electron chi connectivity index (χ2n) is 6.14. The van der Waals surface area contributed by atoms with Gasteiger partial charge >= 0.3 is 0 Å². The average molecular weight is 266 g/mol. The molecule has 108 valence electrons. The zero-order valence-electron chi connectivity index (χ0n) is 12.2. The van der Waals surface area contributed by atoms with Crippen molar-refractivity contribution < 1.29 is 14.9 Å². The van der Waals surface area contributed by atoms with Gasteiger partial charge in [-0.3, -0.25) is 0 Å². The van der Waals surface area contributed by atoms with Gasteiger partial charge in [-0.05, 0) is 45.6 Å². The molecule has 0 heterocycles. The molecule has 0 amide bonds. The average Bonchev–Trinajstić information content (AvgIpc) is 2.28. The highest BCUT2D eigenvalue weighted by atomic mass is 16.5. The summed E-state index contributed by atoms with van der Waals surface area (Å²) < 4.78 is 5.55. The van der Waals surface area contributed by atoms with Gasteiger partial charge in [-0.25, -0.2) is 0 Å². The van der Waals surface area contributed by atoms with Gasteiger partial charge in [0.25, 0.3) is 0 Å². The van der Waals surface area contributed by atoms with Gasteiger partial charge in [-0.2, -0.15) is 0 Å². The fourth-order valence-electron chi connectivity index (χ4n) is 1.94. The lowest BCUT2D eigenvalue weighted by atomic mass is 9.94. The zero-order valence-corrected chi connectivity index (χ0v) is 12.2. The largest absolute Gasteiger partial charge is 0.390 e. The van der Waals surface area contributed by atoms with Crippen LogP contribution in [0.25, 0.3) is 0 Å². The van der Waals surface area contributed by atoms with Crippen LogP contribution in [0.4, 0.5) is 0 Å². The lowest BCUT2D eigenvalue weighted by Crippen LogP contribution is -2.31. The maximum atomic E-state index is 10.2. The van der Waals surface area contributed by atoms with Crippen molar-refractivity contribution in [2.45, 2.75) is 57.8 Å². The molecule has 3 nitrogen and oxygen atoms in total. The van der Waals surface area contributed by atoms with E-state index in [1.807, 2.05) is 30.3 Å². The summed E-state index contributed by atoms with van der Waals surface area (Å²) in [5.74, 6) is 0. The van der Waals surface area contributed by atoms with Crippen LogP contribution in [0.15, 0.2) is 30.3 Å². The molecule has 1 rings (SSSR count). The predicted molar refractivity (Wildman–Crippen MR) is 76.9 cm³/mol. The highest BCUT2D eigenvalue weighted by Crippen LogP contribution is 2.19. The molecule has 0 spiro atoms. The minimum atomic E-state index is -0.833. The first-order chi connectivity index (χ1) is 8.79. The molecule has 3 heteroatoms. The van der Waals surface area contributed by atoms with Crippen molar-refractivity contribution in [1.29, 1.82) is 0 Å². The molecule has 0 aliphatic carbocycles. The minimum absolute atomic E-state index is 0.313. The molecule has 1 aromatic carbocycles. The zero-order chi connectivity index (χ0) is 14.4. The van der Waals surface area contributed by atoms with E-state index >= 15 is 0 Å². The van der Waals surface area contributed by atoms with Gasteiger partial charge in [0.05, 0.1) is 24.4 Å². The third kappa shape index (κ3) is 7.98. The van der Waals surface area contributed by atoms with E-state index in [2.05, 4.69) is 0 Å². The first kappa shape index (κ1) is 16.2. The Bertz CT molecular complexity index is 352. The van der Waals surface area contributed by atoms with Crippen LogP contribution < -0.4 is 0 Å². The Labute approximate surface area is 116 Å². The molecule has 0 aliphatic heterocycles. The third-order valence-electron chi connectivity index (χ3n) is 3.03. The lowest BCUT2D eigenvalue weighted by Gasteiger charge is -2.25. The lowest BCUT2D eigenvalue weighted by molar-refractivity contribution is -0.0486. The first-order valence-corrected chi connectivity index (χ1v) is 6.85. The molecule has 0 aliphatic rings. The van der Waals surface area contributed by atoms with E-state index in [0.29, 0.717) is 26.1 Å². The van der Waals surface area contributed by atoms with Crippen LogP contribution in [0.1, 0.15) is 45.6 Å². The van der Waals surface area contributed by atoms with Crippen molar-refractivity contribution in [1.82, 2.24) is 0 Å². The second kappa shape index (κ2) is 7.04. The summed E-state index contributed by atoms with van der Waals surface area (Å²) in [6, 6.07) is 9.92. The molecule has 0 radical (unpaired) electrons. The minimum Gasteiger partial charge on any atom is -0.390 e. The molecule has 1 atom stereocenters. The van der Waals surface area contributed by atoms with E-state index in [9.17, 15) is 10.2 Å². The van der Waals surface area contributed by atoms with Gasteiger partial charge < -0.3 is 14.9 Å². The van der Waals surface area contributed by atoms with Crippen LogP contribution in [0.2, 0.25) is 0 Å². The Morgan fingerprint density at radius 1 is 1.00 bits per heavy atom. The Morgan fingerprint density at radius 3 is 2.21 bits per heavy atom. The smallest absolute Gasteiger partial charge is 0.0852 e. The van der Waals surface area contributed by atoms with Crippen molar-refractivity contribution in [3.05, 3.63) is 35.9 Å². The molecule has 1 unspecified atom stereocenters. The molecule has 0 bridgehead atoms. The highest BCUT2D eigenvalue weighted by molar-refractivity contribution is 5.13. The van der Waals surface area contributed by atoms with E-state index in [4.69, 9.17) is 4.74 Å². The summed E-state index contributed by atoms with van der Waals surface area (Å²) in [4.78, 5) is 0. The van der Waals surface area contributed by atoms with Crippen LogP contribution in [0, 0.1) is 0 Å². The van der Waals surface area contributed by atoms with Gasteiger partial charge in [0.15, 0.2) is 0 Å². The van der Waals surface area contributed by atoms with Crippen molar-refractivity contribution in [3.63, 3.8) is 0 Å². The van der Waals surface area contributed by atoms with Gasteiger partial charge in [-0.15, -0.1) is 0 Å². The van der Waals surface area contributed by atoms with Gasteiger partial charge in [0.1, 0.15) is 0 Å². The number of rotatable bonds is 8. The SMILES string of the molecule is CC(C)(O)CCCC(C)(O)COCc1ccccc1. The quantitative estimate of drug-likeness (QED) is 0.760. The van der Waals surface area contributed by atoms with Crippen LogP contribution in [-0.2, 0) is 11.3 Å². The Kier molecular flexibility index (Phi) is 5.98. The van der Waals surface area contributed by atoms with Gasteiger partial charge in [0.2, 0.25) is 0 Å². The summed E-state index contributed by atoms with van der Waals surface area (Å²) in [7, 11) is 0. The fourth-order valence-corrected chi connectivity index (χ4v) is 1.94. The highest BCUT2D eigenvalue weighted by Gasteiger charge is 2.22. The van der Waals surface area contributed by atoms with Crippen molar-refractivity contribution in [2.24, 2.45) is 0 Å². The number of hydrogen-bond donors (Lipinski definition) is 2. The van der Waals surface area contributed by atoms with Crippen molar-refractivity contribution in [3.8, 4) is 0 Å². The van der Waals surface area contributed by atoms with Crippen LogP contribution in [0.5, 0.6) is 0 Å². The van der Waals surface area contributed by atoms with E-state index in [1.54, 1.807) is 20.8 Å². The number of benzene rings is 1. The predicted octanol–water partition coefficient (Wildman–Crippen LogP) is 2.90. The molecule has 0 saturated heterocycles. The van der Waals surface area contributed by atoms with Crippen LogP contribution in [-0.4, -0.2) is 28.0 Å². The van der Waals surface area contributed by atoms with E-state index in [0.717, 1.165) is 12.0 Å². The molecule has 0 saturated carbocycles. The van der Waals surface area contributed by atoms with E-state index < -0.39 is 11.2 Å². The topological polar surface area (TPSA) is 49.7 Å². The van der Waals surface area contributed by atoms with E-state index in [1.165, 1.54) is 0 Å².